The highest BCUT2D eigenvalue weighted by molar-refractivity contribution is 6.10. The summed E-state index contributed by atoms with van der Waals surface area (Å²) < 4.78 is 93.6. The molecule has 14 rings (SSSR count). The number of aromatic nitrogens is 2. The maximum atomic E-state index is 9.30. The Kier molecular flexibility index (Phi) is 6.36. The molecule has 4 aliphatic rings. The van der Waals surface area contributed by atoms with E-state index in [1.807, 2.05) is 84.9 Å². The first-order valence-corrected chi connectivity index (χ1v) is 20.3. The lowest BCUT2D eigenvalue weighted by molar-refractivity contribution is 0.483. The summed E-state index contributed by atoms with van der Waals surface area (Å²) in [6.45, 7) is -5.10. The van der Waals surface area contributed by atoms with Crippen LogP contribution in [0.1, 0.15) is 23.5 Å². The van der Waals surface area contributed by atoms with Crippen LogP contribution in [0, 0.1) is 13.7 Å². The number of ether oxygens (including phenoxy) is 2. The molecular formula is C56H40N4O2. The van der Waals surface area contributed by atoms with Crippen LogP contribution < -0.4 is 19.3 Å². The third kappa shape index (κ3) is 5.91. The third-order valence-corrected chi connectivity index (χ3v) is 11.7. The van der Waals surface area contributed by atoms with Crippen molar-refractivity contribution in [1.29, 1.82) is 0 Å². The van der Waals surface area contributed by atoms with Gasteiger partial charge in [0.2, 0.25) is 0 Å². The van der Waals surface area contributed by atoms with Gasteiger partial charge in [-0.05, 0) is 103 Å². The van der Waals surface area contributed by atoms with Crippen LogP contribution in [0.15, 0.2) is 194 Å². The lowest BCUT2D eigenvalue weighted by Gasteiger charge is -2.27. The summed E-state index contributed by atoms with van der Waals surface area (Å²) in [7, 11) is 0. The van der Waals surface area contributed by atoms with E-state index in [1.165, 1.54) is 16.8 Å². The number of nitrogens with zero attached hydrogens (tertiary/aromatic N) is 4. The normalized spacial score (nSPS) is 15.3. The Morgan fingerprint density at radius 3 is 2.11 bits per heavy atom. The highest BCUT2D eigenvalue weighted by Gasteiger charge is 2.31. The molecule has 0 saturated heterocycles. The molecule has 62 heavy (non-hydrogen) atoms. The topological polar surface area (TPSA) is 42.8 Å². The van der Waals surface area contributed by atoms with Crippen molar-refractivity contribution in [1.82, 2.24) is 9.55 Å². The van der Waals surface area contributed by atoms with Gasteiger partial charge >= 0.3 is 0 Å². The van der Waals surface area contributed by atoms with Gasteiger partial charge in [-0.15, -0.1) is 0 Å². The number of benzene rings is 8. The summed E-state index contributed by atoms with van der Waals surface area (Å²) in [6.07, 6.45) is 1.45. The molecule has 296 valence electrons. The minimum Gasteiger partial charge on any atom is -0.457 e. The van der Waals surface area contributed by atoms with E-state index in [0.29, 0.717) is 46.1 Å². The summed E-state index contributed by atoms with van der Waals surface area (Å²) in [5.74, 6) is 1.86. The molecule has 0 fully saturated rings. The summed E-state index contributed by atoms with van der Waals surface area (Å²) in [6, 6.07) is 52.8. The first-order valence-electron chi connectivity index (χ1n) is 24.8. The maximum absolute atomic E-state index is 9.30. The van der Waals surface area contributed by atoms with Gasteiger partial charge in [-0.1, -0.05) is 109 Å². The molecule has 6 heteroatoms. The molecule has 10 aromatic rings. The molecule has 2 aromatic heterocycles. The van der Waals surface area contributed by atoms with Gasteiger partial charge < -0.3 is 19.3 Å². The van der Waals surface area contributed by atoms with Gasteiger partial charge in [0.25, 0.3) is 0 Å². The van der Waals surface area contributed by atoms with E-state index in [1.54, 1.807) is 36.4 Å². The molecule has 0 spiro atoms. The highest BCUT2D eigenvalue weighted by Crippen LogP contribution is 2.51. The van der Waals surface area contributed by atoms with E-state index in [2.05, 4.69) is 52.3 Å². The molecule has 0 radical (unpaired) electrons. The van der Waals surface area contributed by atoms with E-state index in [-0.39, 0.29) is 27.8 Å². The molecule has 8 aromatic carbocycles. The van der Waals surface area contributed by atoms with Crippen molar-refractivity contribution in [2.75, 3.05) is 16.5 Å². The van der Waals surface area contributed by atoms with Crippen molar-refractivity contribution in [3.05, 3.63) is 205 Å². The van der Waals surface area contributed by atoms with Crippen LogP contribution in [-0.4, -0.2) is 16.2 Å². The van der Waals surface area contributed by atoms with Crippen LogP contribution >= 0.6 is 0 Å². The third-order valence-electron chi connectivity index (χ3n) is 11.7. The van der Waals surface area contributed by atoms with E-state index in [0.717, 1.165) is 45.0 Å². The Hall–Kier alpha value is -8.09. The van der Waals surface area contributed by atoms with E-state index in [4.69, 9.17) is 24.1 Å². The second kappa shape index (κ2) is 14.3. The Labute approximate surface area is 372 Å². The summed E-state index contributed by atoms with van der Waals surface area (Å²) in [4.78, 5) is 9.43. The van der Waals surface area contributed by atoms with Gasteiger partial charge in [0.15, 0.2) is 0 Å². The number of rotatable bonds is 1. The van der Waals surface area contributed by atoms with Gasteiger partial charge in [0.1, 0.15) is 35.5 Å². The zero-order valence-electron chi connectivity index (χ0n) is 42.1. The van der Waals surface area contributed by atoms with Crippen LogP contribution in [0.5, 0.6) is 23.0 Å². The van der Waals surface area contributed by atoms with Crippen LogP contribution in [-0.2, 0) is 0 Å². The molecule has 0 atom stereocenters. The van der Waals surface area contributed by atoms with E-state index in [9.17, 15) is 2.74 Å². The predicted molar refractivity (Wildman–Crippen MR) is 253 cm³/mol. The van der Waals surface area contributed by atoms with E-state index >= 15 is 0 Å². The predicted octanol–water partition coefficient (Wildman–Crippen LogP) is 14.9. The fourth-order valence-electron chi connectivity index (χ4n) is 8.88. The number of para-hydroxylation sites is 4. The smallest absolute Gasteiger partial charge is 0.137 e. The van der Waals surface area contributed by atoms with Crippen LogP contribution in [0.25, 0.3) is 61.0 Å². The quantitative estimate of drug-likeness (QED) is 0.165. The molecule has 4 aliphatic heterocycles. The number of aryl methyl sites for hydroxylation is 1. The van der Waals surface area contributed by atoms with Crippen molar-refractivity contribution < 1.29 is 21.8 Å². The largest absolute Gasteiger partial charge is 0.457 e. The second-order valence-electron chi connectivity index (χ2n) is 15.4. The van der Waals surface area contributed by atoms with Crippen molar-refractivity contribution in [3.8, 4) is 62.2 Å². The molecule has 10 bridgehead atoms. The molecule has 6 nitrogen and oxygen atoms in total. The minimum atomic E-state index is -2.87. The molecule has 0 aliphatic carbocycles. The first kappa shape index (κ1) is 27.6. The number of hydrogen-bond acceptors (Lipinski definition) is 5. The fraction of sp³-hybridized carbons (Fsp3) is 0.0536. The Balaban J connectivity index is 1.12. The summed E-state index contributed by atoms with van der Waals surface area (Å²) in [5, 5.41) is 0.500. The second-order valence-corrected chi connectivity index (χ2v) is 15.4. The van der Waals surface area contributed by atoms with Gasteiger partial charge in [-0.3, -0.25) is 4.57 Å². The van der Waals surface area contributed by atoms with Crippen molar-refractivity contribution in [2.45, 2.75) is 13.7 Å². The van der Waals surface area contributed by atoms with Crippen LogP contribution in [0.3, 0.4) is 0 Å². The Morgan fingerprint density at radius 1 is 0.548 bits per heavy atom. The Morgan fingerprint density at radius 2 is 1.27 bits per heavy atom. The van der Waals surface area contributed by atoms with Gasteiger partial charge in [0, 0.05) is 65.3 Å². The first-order chi connectivity index (χ1) is 34.2. The van der Waals surface area contributed by atoms with Crippen LogP contribution in [0.4, 0.5) is 22.7 Å². The molecule has 6 heterocycles. The fourth-order valence-corrected chi connectivity index (χ4v) is 8.88. The van der Waals surface area contributed by atoms with Gasteiger partial charge in [-0.25, -0.2) is 4.98 Å². The zero-order chi connectivity index (χ0) is 48.9. The lowest BCUT2D eigenvalue weighted by Crippen LogP contribution is -2.24. The van der Waals surface area contributed by atoms with Gasteiger partial charge in [0.05, 0.1) is 32.2 Å². The minimum absolute atomic E-state index is 0.0294. The highest BCUT2D eigenvalue weighted by atomic mass is 16.5. The molecule has 0 unspecified atom stereocenters. The van der Waals surface area contributed by atoms with Gasteiger partial charge in [-0.2, -0.15) is 0 Å². The number of hydrogen-bond donors (Lipinski definition) is 0. The lowest BCUT2D eigenvalue weighted by atomic mass is 9.95. The monoisotopic (exact) mass is 809 g/mol. The van der Waals surface area contributed by atoms with Crippen LogP contribution in [0.2, 0.25) is 0 Å². The Bertz CT molecular complexity index is 3780. The average molecular weight is 810 g/mol. The zero-order valence-corrected chi connectivity index (χ0v) is 33.1. The van der Waals surface area contributed by atoms with Crippen molar-refractivity contribution in [2.24, 2.45) is 0 Å². The number of anilines is 4. The molecular weight excluding hydrogens is 761 g/mol. The molecule has 0 N–H and O–H groups in total. The summed E-state index contributed by atoms with van der Waals surface area (Å²) >= 11 is 0. The number of pyridine rings is 1. The maximum Gasteiger partial charge on any atom is 0.137 e. The van der Waals surface area contributed by atoms with Crippen molar-refractivity contribution in [3.63, 3.8) is 0 Å². The summed E-state index contributed by atoms with van der Waals surface area (Å²) in [5.41, 5.74) is 8.47. The molecule has 0 amide bonds. The van der Waals surface area contributed by atoms with E-state index < -0.39 is 37.4 Å². The average Bonchev–Trinajstić information content (AvgIpc) is 3.92. The standard InChI is InChI=1S/C56H40N4O2/c1-36-22-29-50-48(30-36)46-28-27-43-33-53(46)60(50)55-31-37(2)49(34-57-55)47-16-6-9-21-54(47)62-41-25-23-39(24-26-41)45-18-11-17-44(38-12-4-3-5-13-38)56(45)59-35-58(51-19-7-8-20-52(51)59)40-14-10-15-42(32-40)61-43/h3-34H,35H2,1-2H3/i1D3,2D3,22D,29D,30D. The number of fused-ring (bicyclic) bond motifs is 5. The van der Waals surface area contributed by atoms with Crippen molar-refractivity contribution >= 4 is 44.6 Å². The SMILES string of the molecule is [2H]c1c(C([2H])([2H])[2H])c([2H])c2c3ccc4cc3n(c2c1[2H])-c1cc(C([2H])([2H])[2H])c(cn1)-c1ccccc1Oc1ccc(cc1)-c1cccc(-c2ccccc2)c1N1CN(c2cccc(c2)O4)c2ccccc21. The molecule has 0 saturated carbocycles.